The van der Waals surface area contributed by atoms with Crippen LogP contribution in [0.2, 0.25) is 0 Å². The first-order chi connectivity index (χ1) is 20.3. The molecule has 1 atom stereocenters. The van der Waals surface area contributed by atoms with Gasteiger partial charge in [-0.3, -0.25) is 0 Å². The number of esters is 2. The Bertz CT molecular complexity index is 1380. The van der Waals surface area contributed by atoms with Crippen molar-refractivity contribution in [2.75, 3.05) is 13.2 Å². The molecule has 0 amide bonds. The topological polar surface area (TPSA) is 71.1 Å². The Morgan fingerprint density at radius 2 is 1.57 bits per heavy atom. The van der Waals surface area contributed by atoms with E-state index in [9.17, 15) is 9.59 Å². The molecule has 0 bridgehead atoms. The van der Waals surface area contributed by atoms with Crippen molar-refractivity contribution in [3.05, 3.63) is 96.6 Å². The summed E-state index contributed by atoms with van der Waals surface area (Å²) >= 11 is 0. The SMILES string of the molecule is C=C(C)C(=O)Oc1cc(-c2ccc(CCCCC)cc2)ccc1-c1ccc(OC(=O)C(=C)COC2CCCCO2)cc1. The van der Waals surface area contributed by atoms with Crippen LogP contribution in [-0.4, -0.2) is 31.4 Å². The van der Waals surface area contributed by atoms with Crippen molar-refractivity contribution in [1.82, 2.24) is 0 Å². The second kappa shape index (κ2) is 15.3. The fourth-order valence-corrected chi connectivity index (χ4v) is 4.63. The molecule has 0 aromatic heterocycles. The zero-order valence-electron chi connectivity index (χ0n) is 24.7. The van der Waals surface area contributed by atoms with E-state index < -0.39 is 11.9 Å². The molecule has 4 rings (SSSR count). The number of ether oxygens (including phenoxy) is 4. The van der Waals surface area contributed by atoms with Crippen molar-refractivity contribution >= 4 is 11.9 Å². The minimum absolute atomic E-state index is 0.0486. The van der Waals surface area contributed by atoms with Crippen LogP contribution >= 0.6 is 0 Å². The van der Waals surface area contributed by atoms with Gasteiger partial charge in [0, 0.05) is 17.7 Å². The number of rotatable bonds is 13. The van der Waals surface area contributed by atoms with Crippen LogP contribution in [0, 0.1) is 0 Å². The summed E-state index contributed by atoms with van der Waals surface area (Å²) in [5.41, 5.74) is 5.34. The van der Waals surface area contributed by atoms with E-state index in [4.69, 9.17) is 18.9 Å². The largest absolute Gasteiger partial charge is 0.423 e. The summed E-state index contributed by atoms with van der Waals surface area (Å²) in [5.74, 6) is -0.261. The molecule has 42 heavy (non-hydrogen) atoms. The lowest BCUT2D eigenvalue weighted by Gasteiger charge is -2.22. The average Bonchev–Trinajstić information content (AvgIpc) is 3.01. The number of unbranched alkanes of at least 4 members (excludes halogenated alkanes) is 2. The Morgan fingerprint density at radius 3 is 2.24 bits per heavy atom. The number of benzene rings is 3. The van der Waals surface area contributed by atoms with Gasteiger partial charge in [-0.15, -0.1) is 0 Å². The van der Waals surface area contributed by atoms with Gasteiger partial charge in [0.25, 0.3) is 0 Å². The molecule has 3 aromatic rings. The molecular formula is C36H40O6. The highest BCUT2D eigenvalue weighted by Gasteiger charge is 2.18. The Labute approximate surface area is 249 Å². The van der Waals surface area contributed by atoms with Gasteiger partial charge >= 0.3 is 11.9 Å². The van der Waals surface area contributed by atoms with Gasteiger partial charge in [0.2, 0.25) is 0 Å². The number of carbonyl (C=O) groups is 2. The Morgan fingerprint density at radius 1 is 0.857 bits per heavy atom. The van der Waals surface area contributed by atoms with Gasteiger partial charge in [-0.2, -0.15) is 0 Å². The molecule has 1 heterocycles. The van der Waals surface area contributed by atoms with E-state index in [-0.39, 0.29) is 18.5 Å². The molecule has 1 saturated heterocycles. The fraction of sp³-hybridized carbons (Fsp3) is 0.333. The smallest absolute Gasteiger partial charge is 0.341 e. The second-order valence-corrected chi connectivity index (χ2v) is 10.7. The Hall–Kier alpha value is -4.00. The molecule has 6 heteroatoms. The van der Waals surface area contributed by atoms with E-state index in [1.165, 1.54) is 24.8 Å². The van der Waals surface area contributed by atoms with Crippen LogP contribution in [0.25, 0.3) is 22.3 Å². The first-order valence-corrected chi connectivity index (χ1v) is 14.7. The molecule has 220 valence electrons. The van der Waals surface area contributed by atoms with Gasteiger partial charge < -0.3 is 18.9 Å². The number of hydrogen-bond donors (Lipinski definition) is 0. The third-order valence-electron chi connectivity index (χ3n) is 7.13. The fourth-order valence-electron chi connectivity index (χ4n) is 4.63. The number of carbonyl (C=O) groups excluding carboxylic acids is 2. The van der Waals surface area contributed by atoms with Crippen molar-refractivity contribution in [1.29, 1.82) is 0 Å². The predicted molar refractivity (Wildman–Crippen MR) is 165 cm³/mol. The molecule has 0 radical (unpaired) electrons. The summed E-state index contributed by atoms with van der Waals surface area (Å²) in [7, 11) is 0. The van der Waals surface area contributed by atoms with Crippen molar-refractivity contribution in [2.24, 2.45) is 0 Å². The maximum atomic E-state index is 12.5. The molecule has 3 aromatic carbocycles. The van der Waals surface area contributed by atoms with Gasteiger partial charge in [0.15, 0.2) is 6.29 Å². The molecule has 1 unspecified atom stereocenters. The molecule has 1 aliphatic rings. The third kappa shape index (κ3) is 8.75. The third-order valence-corrected chi connectivity index (χ3v) is 7.13. The van der Waals surface area contributed by atoms with E-state index >= 15 is 0 Å². The molecule has 0 saturated carbocycles. The van der Waals surface area contributed by atoms with E-state index in [0.29, 0.717) is 23.7 Å². The molecule has 0 aliphatic carbocycles. The van der Waals surface area contributed by atoms with E-state index in [1.807, 2.05) is 30.3 Å². The summed E-state index contributed by atoms with van der Waals surface area (Å²) in [5, 5.41) is 0. The van der Waals surface area contributed by atoms with Crippen LogP contribution in [-0.2, 0) is 25.5 Å². The van der Waals surface area contributed by atoms with Gasteiger partial charge in [0.05, 0.1) is 12.2 Å². The maximum absolute atomic E-state index is 12.5. The highest BCUT2D eigenvalue weighted by atomic mass is 16.7. The Kier molecular flexibility index (Phi) is 11.3. The molecule has 0 N–H and O–H groups in total. The predicted octanol–water partition coefficient (Wildman–Crippen LogP) is 8.24. The highest BCUT2D eigenvalue weighted by Crippen LogP contribution is 2.36. The van der Waals surface area contributed by atoms with Crippen molar-refractivity contribution in [2.45, 2.75) is 65.1 Å². The van der Waals surface area contributed by atoms with Crippen LogP contribution in [0.3, 0.4) is 0 Å². The normalized spacial score (nSPS) is 14.7. The molecule has 0 spiro atoms. The van der Waals surface area contributed by atoms with Gasteiger partial charge in [0.1, 0.15) is 11.5 Å². The van der Waals surface area contributed by atoms with Gasteiger partial charge in [-0.05, 0) is 79.5 Å². The van der Waals surface area contributed by atoms with Crippen molar-refractivity contribution in [3.63, 3.8) is 0 Å². The first-order valence-electron chi connectivity index (χ1n) is 14.7. The second-order valence-electron chi connectivity index (χ2n) is 10.7. The molecule has 1 aliphatic heterocycles. The zero-order valence-corrected chi connectivity index (χ0v) is 24.7. The van der Waals surface area contributed by atoms with Crippen molar-refractivity contribution in [3.8, 4) is 33.8 Å². The summed E-state index contributed by atoms with van der Waals surface area (Å²) < 4.78 is 22.4. The van der Waals surface area contributed by atoms with Crippen LogP contribution in [0.4, 0.5) is 0 Å². The monoisotopic (exact) mass is 568 g/mol. The molecular weight excluding hydrogens is 528 g/mol. The minimum Gasteiger partial charge on any atom is -0.423 e. The molecule has 6 nitrogen and oxygen atoms in total. The zero-order chi connectivity index (χ0) is 29.9. The Balaban J connectivity index is 1.47. The first kappa shape index (κ1) is 30.9. The van der Waals surface area contributed by atoms with E-state index in [0.717, 1.165) is 47.9 Å². The van der Waals surface area contributed by atoms with Crippen LogP contribution in [0.15, 0.2) is 91.0 Å². The average molecular weight is 569 g/mol. The van der Waals surface area contributed by atoms with E-state index in [1.54, 1.807) is 19.1 Å². The molecule has 1 fully saturated rings. The van der Waals surface area contributed by atoms with Crippen molar-refractivity contribution < 1.29 is 28.5 Å². The maximum Gasteiger partial charge on any atom is 0.341 e. The number of hydrogen-bond acceptors (Lipinski definition) is 6. The minimum atomic E-state index is -0.560. The summed E-state index contributed by atoms with van der Waals surface area (Å²) in [4.78, 5) is 25.0. The van der Waals surface area contributed by atoms with Crippen LogP contribution in [0.5, 0.6) is 11.5 Å². The van der Waals surface area contributed by atoms with Crippen LogP contribution in [0.1, 0.15) is 57.9 Å². The summed E-state index contributed by atoms with van der Waals surface area (Å²) in [6.45, 7) is 12.1. The van der Waals surface area contributed by atoms with E-state index in [2.05, 4.69) is 44.3 Å². The lowest BCUT2D eigenvalue weighted by Crippen LogP contribution is -2.25. The van der Waals surface area contributed by atoms with Gasteiger partial charge in [-0.25, -0.2) is 9.59 Å². The summed E-state index contributed by atoms with van der Waals surface area (Å²) in [6.07, 6.45) is 7.23. The van der Waals surface area contributed by atoms with Crippen LogP contribution < -0.4 is 9.47 Å². The highest BCUT2D eigenvalue weighted by molar-refractivity contribution is 5.91. The quantitative estimate of drug-likeness (QED) is 0.0895. The number of aryl methyl sites for hydroxylation is 1. The van der Waals surface area contributed by atoms with Gasteiger partial charge in [-0.1, -0.05) is 81.5 Å². The lowest BCUT2D eigenvalue weighted by atomic mass is 9.97. The standard InChI is InChI=1S/C36H40O6/c1-5-6-7-10-27-12-14-28(15-13-27)30-18-21-32(33(23-30)42-35(37)25(2)3)29-16-19-31(20-17-29)41-36(38)26(4)24-40-34-11-8-9-22-39-34/h12-21,23,34H,2,4-11,22,24H2,1,3H3. The summed E-state index contributed by atoms with van der Waals surface area (Å²) in [6, 6.07) is 21.3. The lowest BCUT2D eigenvalue weighted by molar-refractivity contribution is -0.159.